The van der Waals surface area contributed by atoms with Crippen molar-refractivity contribution in [3.8, 4) is 17.2 Å². The van der Waals surface area contributed by atoms with Crippen LogP contribution in [0.4, 0.5) is 5.69 Å². The van der Waals surface area contributed by atoms with Crippen LogP contribution in [0, 0.1) is 0 Å². The van der Waals surface area contributed by atoms with Crippen molar-refractivity contribution in [2.24, 2.45) is 0 Å². The number of nitrogens with one attached hydrogen (secondary N) is 2. The number of hydrogen-bond donors (Lipinski definition) is 2. The van der Waals surface area contributed by atoms with Gasteiger partial charge in [-0.15, -0.1) is 0 Å². The van der Waals surface area contributed by atoms with Gasteiger partial charge in [0.2, 0.25) is 0 Å². The highest BCUT2D eigenvalue weighted by Crippen LogP contribution is 2.24. The summed E-state index contributed by atoms with van der Waals surface area (Å²) in [6.45, 7) is 2.53. The van der Waals surface area contributed by atoms with Crippen molar-refractivity contribution in [3.63, 3.8) is 0 Å². The second-order valence-corrected chi connectivity index (χ2v) is 6.13. The fraction of sp³-hybridized carbons (Fsp3) is 0.0909. The summed E-state index contributed by atoms with van der Waals surface area (Å²) >= 11 is 0. The maximum atomic E-state index is 12.6. The number of carbonyl (C=O) groups excluding carboxylic acids is 1. The summed E-state index contributed by atoms with van der Waals surface area (Å²) in [7, 11) is 0. The summed E-state index contributed by atoms with van der Waals surface area (Å²) in [5.41, 5.74) is 2.03. The Morgan fingerprint density at radius 1 is 0.964 bits per heavy atom. The third kappa shape index (κ3) is 3.96. The van der Waals surface area contributed by atoms with E-state index < -0.39 is 0 Å². The minimum atomic E-state index is -0.211. The van der Waals surface area contributed by atoms with E-state index in [1.165, 1.54) is 0 Å². The van der Waals surface area contributed by atoms with Crippen LogP contribution in [0.5, 0.6) is 17.2 Å². The van der Waals surface area contributed by atoms with E-state index in [4.69, 9.17) is 9.47 Å². The number of H-pyrrole nitrogens is 1. The fourth-order valence-electron chi connectivity index (χ4n) is 2.83. The van der Waals surface area contributed by atoms with Gasteiger partial charge in [-0.3, -0.25) is 9.78 Å². The Labute approximate surface area is 162 Å². The molecule has 0 saturated heterocycles. The number of anilines is 1. The summed E-state index contributed by atoms with van der Waals surface area (Å²) in [5.74, 6) is 1.94. The number of benzene rings is 2. The topological polar surface area (TPSA) is 76.2 Å². The third-order valence-electron chi connectivity index (χ3n) is 4.15. The van der Waals surface area contributed by atoms with Gasteiger partial charge in [0.05, 0.1) is 6.61 Å². The van der Waals surface area contributed by atoms with Gasteiger partial charge in [-0.1, -0.05) is 0 Å². The highest BCUT2D eigenvalue weighted by Gasteiger charge is 2.11. The highest BCUT2D eigenvalue weighted by atomic mass is 16.5. The number of hydrogen-bond acceptors (Lipinski definition) is 4. The van der Waals surface area contributed by atoms with Crippen molar-refractivity contribution >= 4 is 22.5 Å². The number of aromatic nitrogens is 2. The lowest BCUT2D eigenvalue weighted by Crippen LogP contribution is -2.12. The SMILES string of the molecule is CCOc1ccc2cc(C(=O)Nc3ccc(Oc4ccncc4)cc3)[nH]c2c1. The van der Waals surface area contributed by atoms with E-state index in [1.807, 2.05) is 31.2 Å². The molecule has 6 nitrogen and oxygen atoms in total. The molecule has 0 atom stereocenters. The zero-order valence-electron chi connectivity index (χ0n) is 15.3. The Morgan fingerprint density at radius 2 is 1.68 bits per heavy atom. The second-order valence-electron chi connectivity index (χ2n) is 6.13. The molecule has 4 aromatic rings. The summed E-state index contributed by atoms with van der Waals surface area (Å²) in [4.78, 5) is 19.6. The molecule has 0 aliphatic rings. The number of ether oxygens (including phenoxy) is 2. The minimum absolute atomic E-state index is 0.211. The van der Waals surface area contributed by atoms with Gasteiger partial charge in [-0.05, 0) is 61.5 Å². The molecular weight excluding hydrogens is 354 g/mol. The van der Waals surface area contributed by atoms with Crippen LogP contribution in [0.2, 0.25) is 0 Å². The molecule has 4 rings (SSSR count). The molecule has 2 aromatic heterocycles. The fourth-order valence-corrected chi connectivity index (χ4v) is 2.83. The first-order chi connectivity index (χ1) is 13.7. The molecule has 140 valence electrons. The molecule has 0 fully saturated rings. The van der Waals surface area contributed by atoms with Crippen LogP contribution in [0.3, 0.4) is 0 Å². The largest absolute Gasteiger partial charge is 0.494 e. The molecule has 0 bridgehead atoms. The molecule has 2 aromatic carbocycles. The van der Waals surface area contributed by atoms with E-state index in [0.717, 1.165) is 16.7 Å². The van der Waals surface area contributed by atoms with Crippen molar-refractivity contribution < 1.29 is 14.3 Å². The maximum Gasteiger partial charge on any atom is 0.272 e. The smallest absolute Gasteiger partial charge is 0.272 e. The number of aromatic amines is 1. The number of fused-ring (bicyclic) bond motifs is 1. The van der Waals surface area contributed by atoms with Crippen LogP contribution in [-0.2, 0) is 0 Å². The second kappa shape index (κ2) is 7.84. The third-order valence-corrected chi connectivity index (χ3v) is 4.15. The van der Waals surface area contributed by atoms with Crippen LogP contribution >= 0.6 is 0 Å². The van der Waals surface area contributed by atoms with Crippen LogP contribution in [-0.4, -0.2) is 22.5 Å². The molecule has 0 spiro atoms. The molecule has 2 heterocycles. The monoisotopic (exact) mass is 373 g/mol. The molecule has 1 amide bonds. The Morgan fingerprint density at radius 3 is 2.43 bits per heavy atom. The first-order valence-electron chi connectivity index (χ1n) is 8.96. The number of amides is 1. The first-order valence-corrected chi connectivity index (χ1v) is 8.96. The normalized spacial score (nSPS) is 10.6. The lowest BCUT2D eigenvalue weighted by atomic mass is 10.2. The van der Waals surface area contributed by atoms with E-state index in [9.17, 15) is 4.79 Å². The summed E-state index contributed by atoms with van der Waals surface area (Å²) < 4.78 is 11.2. The average Bonchev–Trinajstić information content (AvgIpc) is 3.14. The number of carbonyl (C=O) groups is 1. The minimum Gasteiger partial charge on any atom is -0.494 e. The van der Waals surface area contributed by atoms with Gasteiger partial charge in [0.1, 0.15) is 22.9 Å². The van der Waals surface area contributed by atoms with E-state index in [2.05, 4.69) is 15.3 Å². The molecular formula is C22H19N3O3. The summed E-state index contributed by atoms with van der Waals surface area (Å²) in [6, 6.07) is 18.3. The Hall–Kier alpha value is -3.80. The van der Waals surface area contributed by atoms with Crippen molar-refractivity contribution in [3.05, 3.63) is 78.8 Å². The van der Waals surface area contributed by atoms with E-state index in [1.54, 1.807) is 48.8 Å². The molecule has 6 heteroatoms. The number of nitrogens with zero attached hydrogens (tertiary/aromatic N) is 1. The molecule has 0 aliphatic carbocycles. The lowest BCUT2D eigenvalue weighted by Gasteiger charge is -2.07. The summed E-state index contributed by atoms with van der Waals surface area (Å²) in [5, 5.41) is 3.84. The van der Waals surface area contributed by atoms with Gasteiger partial charge >= 0.3 is 0 Å². The Balaban J connectivity index is 1.45. The van der Waals surface area contributed by atoms with Crippen LogP contribution in [0.15, 0.2) is 73.1 Å². The molecule has 0 saturated carbocycles. The number of pyridine rings is 1. The van der Waals surface area contributed by atoms with Gasteiger partial charge in [0.15, 0.2) is 0 Å². The van der Waals surface area contributed by atoms with Crippen molar-refractivity contribution in [2.45, 2.75) is 6.92 Å². The average molecular weight is 373 g/mol. The van der Waals surface area contributed by atoms with Gasteiger partial charge in [0.25, 0.3) is 5.91 Å². The Bertz CT molecular complexity index is 1090. The molecule has 0 unspecified atom stereocenters. The van der Waals surface area contributed by atoms with Crippen molar-refractivity contribution in [1.82, 2.24) is 9.97 Å². The van der Waals surface area contributed by atoms with Gasteiger partial charge < -0.3 is 19.8 Å². The van der Waals surface area contributed by atoms with Crippen LogP contribution in [0.1, 0.15) is 17.4 Å². The van der Waals surface area contributed by atoms with Gasteiger partial charge in [-0.25, -0.2) is 0 Å². The highest BCUT2D eigenvalue weighted by molar-refractivity contribution is 6.06. The molecule has 28 heavy (non-hydrogen) atoms. The molecule has 0 radical (unpaired) electrons. The molecule has 2 N–H and O–H groups in total. The zero-order chi connectivity index (χ0) is 19.3. The van der Waals surface area contributed by atoms with Crippen molar-refractivity contribution in [1.29, 1.82) is 0 Å². The van der Waals surface area contributed by atoms with Crippen LogP contribution in [0.25, 0.3) is 10.9 Å². The molecule has 0 aliphatic heterocycles. The van der Waals surface area contributed by atoms with E-state index in [0.29, 0.717) is 29.5 Å². The van der Waals surface area contributed by atoms with Crippen molar-refractivity contribution in [2.75, 3.05) is 11.9 Å². The summed E-state index contributed by atoms with van der Waals surface area (Å²) in [6.07, 6.45) is 3.34. The predicted molar refractivity (Wildman–Crippen MR) is 108 cm³/mol. The predicted octanol–water partition coefficient (Wildman–Crippen LogP) is 5.01. The van der Waals surface area contributed by atoms with E-state index in [-0.39, 0.29) is 5.91 Å². The maximum absolute atomic E-state index is 12.6. The van der Waals surface area contributed by atoms with Crippen LogP contribution < -0.4 is 14.8 Å². The van der Waals surface area contributed by atoms with Gasteiger partial charge in [0, 0.05) is 35.1 Å². The quantitative estimate of drug-likeness (QED) is 0.498. The van der Waals surface area contributed by atoms with E-state index >= 15 is 0 Å². The first kappa shape index (κ1) is 17.6. The zero-order valence-corrected chi connectivity index (χ0v) is 15.3. The standard InChI is InChI=1S/C22H19N3O3/c1-2-27-19-6-3-15-13-21(25-20(15)14-19)22(26)24-16-4-7-17(8-5-16)28-18-9-11-23-12-10-18/h3-14,25H,2H2,1H3,(H,24,26). The Kier molecular flexibility index (Phi) is 4.93. The van der Waals surface area contributed by atoms with Gasteiger partial charge in [-0.2, -0.15) is 0 Å². The lowest BCUT2D eigenvalue weighted by molar-refractivity contribution is 0.102. The number of rotatable bonds is 6.